The van der Waals surface area contributed by atoms with Crippen LogP contribution in [0.5, 0.6) is 11.5 Å². The van der Waals surface area contributed by atoms with Gasteiger partial charge in [-0.25, -0.2) is 0 Å². The first kappa shape index (κ1) is 36.3. The number of hydrogen-bond donors (Lipinski definition) is 0. The molecule has 1 aliphatic carbocycles. The van der Waals surface area contributed by atoms with E-state index < -0.39 is 5.41 Å². The number of nitrogens with zero attached hydrogens (tertiary/aromatic N) is 1. The number of furan rings is 1. The van der Waals surface area contributed by atoms with Gasteiger partial charge in [0.05, 0.1) is 5.41 Å². The zero-order valence-corrected chi connectivity index (χ0v) is 34.8. The van der Waals surface area contributed by atoms with Gasteiger partial charge in [0.25, 0.3) is 0 Å². The van der Waals surface area contributed by atoms with Gasteiger partial charge in [-0.3, -0.25) is 0 Å². The molecule has 2 heterocycles. The highest BCUT2D eigenvalue weighted by Crippen LogP contribution is 2.61. The highest BCUT2D eigenvalue weighted by molar-refractivity contribution is 6.06. The minimum atomic E-state index is -0.714. The molecule has 1 aromatic heterocycles. The molecule has 0 bridgehead atoms. The van der Waals surface area contributed by atoms with Gasteiger partial charge in [0.2, 0.25) is 0 Å². The van der Waals surface area contributed by atoms with E-state index in [1.54, 1.807) is 0 Å². The number of rotatable bonds is 5. The lowest BCUT2D eigenvalue weighted by molar-refractivity contribution is 0.435. The summed E-state index contributed by atoms with van der Waals surface area (Å²) < 4.78 is 13.3. The summed E-state index contributed by atoms with van der Waals surface area (Å²) in [5.41, 5.74) is 18.3. The third kappa shape index (κ3) is 5.47. The highest BCUT2D eigenvalue weighted by Gasteiger charge is 2.49. The highest BCUT2D eigenvalue weighted by atomic mass is 16.5. The molecule has 2 aliphatic rings. The van der Waals surface area contributed by atoms with Gasteiger partial charge in [0.15, 0.2) is 0 Å². The van der Waals surface area contributed by atoms with Crippen LogP contribution >= 0.6 is 0 Å². The monoisotopic (exact) mass is 817 g/mol. The molecule has 3 heteroatoms. The Hall–Kier alpha value is -8.40. The van der Waals surface area contributed by atoms with Crippen LogP contribution in [0.1, 0.15) is 22.3 Å². The maximum atomic E-state index is 6.95. The first-order chi connectivity index (χ1) is 31.7. The van der Waals surface area contributed by atoms with Crippen LogP contribution < -0.4 is 9.64 Å². The Kier molecular flexibility index (Phi) is 8.13. The number of hydrogen-bond acceptors (Lipinski definition) is 3. The van der Waals surface area contributed by atoms with Crippen molar-refractivity contribution in [2.75, 3.05) is 4.90 Å². The fraction of sp³-hybridized carbons (Fsp3) is 0.0164. The molecule has 1 aliphatic heterocycles. The predicted octanol–water partition coefficient (Wildman–Crippen LogP) is 16.5. The van der Waals surface area contributed by atoms with Gasteiger partial charge in [0.1, 0.15) is 22.7 Å². The summed E-state index contributed by atoms with van der Waals surface area (Å²) in [5.74, 6) is 1.71. The van der Waals surface area contributed by atoms with E-state index in [0.29, 0.717) is 0 Å². The van der Waals surface area contributed by atoms with Crippen molar-refractivity contribution >= 4 is 39.0 Å². The summed E-state index contributed by atoms with van der Waals surface area (Å²) >= 11 is 0. The Morgan fingerprint density at radius 1 is 0.297 bits per heavy atom. The molecule has 0 N–H and O–H groups in total. The number of para-hydroxylation sites is 2. The van der Waals surface area contributed by atoms with Gasteiger partial charge in [-0.15, -0.1) is 0 Å². The zero-order chi connectivity index (χ0) is 42.2. The molecule has 1 spiro atoms. The summed E-state index contributed by atoms with van der Waals surface area (Å²) in [6.45, 7) is 0. The molecule has 0 atom stereocenters. The lowest BCUT2D eigenvalue weighted by atomic mass is 9.62. The molecule has 11 aromatic rings. The van der Waals surface area contributed by atoms with Crippen molar-refractivity contribution in [2.45, 2.75) is 5.41 Å². The van der Waals surface area contributed by atoms with E-state index in [2.05, 4.69) is 229 Å². The third-order valence-electron chi connectivity index (χ3n) is 13.4. The first-order valence-electron chi connectivity index (χ1n) is 21.9. The molecule has 0 amide bonds. The van der Waals surface area contributed by atoms with E-state index in [9.17, 15) is 0 Å². The zero-order valence-electron chi connectivity index (χ0n) is 34.8. The van der Waals surface area contributed by atoms with Gasteiger partial charge >= 0.3 is 0 Å². The minimum Gasteiger partial charge on any atom is -0.457 e. The molecular formula is C61H39NO2. The largest absolute Gasteiger partial charge is 0.457 e. The molecule has 0 unspecified atom stereocenters. The van der Waals surface area contributed by atoms with Crippen molar-refractivity contribution in [2.24, 2.45) is 0 Å². The predicted molar refractivity (Wildman–Crippen MR) is 262 cm³/mol. The summed E-state index contributed by atoms with van der Waals surface area (Å²) in [4.78, 5) is 2.37. The molecule has 0 radical (unpaired) electrons. The number of ether oxygens (including phenoxy) is 1. The van der Waals surface area contributed by atoms with Crippen LogP contribution in [-0.4, -0.2) is 0 Å². The number of benzene rings is 10. The Bertz CT molecular complexity index is 3520. The van der Waals surface area contributed by atoms with E-state index in [1.807, 2.05) is 12.1 Å². The van der Waals surface area contributed by atoms with E-state index in [4.69, 9.17) is 9.15 Å². The van der Waals surface area contributed by atoms with Crippen molar-refractivity contribution in [3.05, 3.63) is 259 Å². The maximum Gasteiger partial charge on any atom is 0.136 e. The average molecular weight is 818 g/mol. The van der Waals surface area contributed by atoms with Crippen LogP contribution in [0.3, 0.4) is 0 Å². The van der Waals surface area contributed by atoms with E-state index >= 15 is 0 Å². The Balaban J connectivity index is 1.02. The quantitative estimate of drug-likeness (QED) is 0.173. The standard InChI is InChI=1S/C61H39NO2/c1-2-14-40(15-3-1)41-26-31-44(32-27-41)62(45-33-28-42(29-34-45)43-30-36-52-51-20-8-12-24-57(51)63-60(52)38-43)46-35-37-59-56(39-46)61(55-23-11-13-25-58(55)64-59)53-21-9-6-18-49(53)47-16-4-5-17-48(47)50-19-7-10-22-54(50)61/h1-39H. The van der Waals surface area contributed by atoms with Crippen LogP contribution in [0.4, 0.5) is 17.1 Å². The number of anilines is 3. The Morgan fingerprint density at radius 2 is 0.781 bits per heavy atom. The molecule has 0 saturated heterocycles. The third-order valence-corrected chi connectivity index (χ3v) is 13.4. The second kappa shape index (κ2) is 14.3. The van der Waals surface area contributed by atoms with Crippen LogP contribution in [-0.2, 0) is 5.41 Å². The second-order valence-electron chi connectivity index (χ2n) is 16.8. The number of fused-ring (bicyclic) bond motifs is 14. The molecule has 0 fully saturated rings. The Labute approximate surface area is 371 Å². The van der Waals surface area contributed by atoms with Crippen molar-refractivity contribution < 1.29 is 9.15 Å². The summed E-state index contributed by atoms with van der Waals surface area (Å²) in [6.07, 6.45) is 0. The minimum absolute atomic E-state index is 0.714. The van der Waals surface area contributed by atoms with Gasteiger partial charge in [-0.1, -0.05) is 170 Å². The van der Waals surface area contributed by atoms with Crippen LogP contribution in [0, 0.1) is 0 Å². The second-order valence-corrected chi connectivity index (χ2v) is 16.8. The van der Waals surface area contributed by atoms with Crippen LogP contribution in [0.15, 0.2) is 241 Å². The van der Waals surface area contributed by atoms with E-state index in [0.717, 1.165) is 72.8 Å². The average Bonchev–Trinajstić information content (AvgIpc) is 3.70. The van der Waals surface area contributed by atoms with Gasteiger partial charge in [-0.2, -0.15) is 0 Å². The summed E-state index contributed by atoms with van der Waals surface area (Å²) in [5, 5.41) is 2.26. The van der Waals surface area contributed by atoms with E-state index in [-0.39, 0.29) is 0 Å². The van der Waals surface area contributed by atoms with Crippen molar-refractivity contribution in [3.8, 4) is 56.0 Å². The fourth-order valence-corrected chi connectivity index (χ4v) is 10.5. The maximum absolute atomic E-state index is 6.95. The van der Waals surface area contributed by atoms with Gasteiger partial charge < -0.3 is 14.1 Å². The molecule has 13 rings (SSSR count). The molecule has 3 nitrogen and oxygen atoms in total. The topological polar surface area (TPSA) is 25.6 Å². The van der Waals surface area contributed by atoms with Crippen molar-refractivity contribution in [1.82, 2.24) is 0 Å². The van der Waals surface area contributed by atoms with Crippen molar-refractivity contribution in [3.63, 3.8) is 0 Å². The first-order valence-corrected chi connectivity index (χ1v) is 21.9. The summed E-state index contributed by atoms with van der Waals surface area (Å²) in [6, 6.07) is 85.3. The van der Waals surface area contributed by atoms with Gasteiger partial charge in [-0.05, 0) is 122 Å². The molecule has 0 saturated carbocycles. The molecular weight excluding hydrogens is 779 g/mol. The van der Waals surface area contributed by atoms with Crippen LogP contribution in [0.2, 0.25) is 0 Å². The molecule has 64 heavy (non-hydrogen) atoms. The van der Waals surface area contributed by atoms with Gasteiger partial charge in [0, 0.05) is 39.0 Å². The Morgan fingerprint density at radius 3 is 1.47 bits per heavy atom. The SMILES string of the molecule is c1ccc(-c2ccc(N(c3ccc(-c4ccc5c(c4)oc4ccccc45)cc3)c3ccc4c(c3)C3(c5ccccc5O4)c4ccccc4-c4ccccc4-c4ccccc43)cc2)cc1. The normalized spacial score (nSPS) is 12.9. The molecule has 300 valence electrons. The lowest BCUT2D eigenvalue weighted by Gasteiger charge is -2.43. The molecule has 10 aromatic carbocycles. The van der Waals surface area contributed by atoms with Crippen LogP contribution in [0.25, 0.3) is 66.4 Å². The fourth-order valence-electron chi connectivity index (χ4n) is 10.5. The smallest absolute Gasteiger partial charge is 0.136 e. The lowest BCUT2D eigenvalue weighted by Crippen LogP contribution is -2.35. The van der Waals surface area contributed by atoms with Crippen molar-refractivity contribution in [1.29, 1.82) is 0 Å². The summed E-state index contributed by atoms with van der Waals surface area (Å²) in [7, 11) is 0. The van der Waals surface area contributed by atoms with E-state index in [1.165, 1.54) is 44.5 Å².